The first-order valence-corrected chi connectivity index (χ1v) is 10.1. The van der Waals surface area contributed by atoms with Gasteiger partial charge in [0.25, 0.3) is 0 Å². The van der Waals surface area contributed by atoms with Crippen LogP contribution in [0.2, 0.25) is 0 Å². The second-order valence-electron chi connectivity index (χ2n) is 6.56. The van der Waals surface area contributed by atoms with Gasteiger partial charge in [0.15, 0.2) is 0 Å². The first-order chi connectivity index (χ1) is 9.95. The molecular formula is C15H24N2O2S2. The van der Waals surface area contributed by atoms with Crippen LogP contribution in [0, 0.1) is 12.8 Å². The van der Waals surface area contributed by atoms with E-state index >= 15 is 0 Å². The van der Waals surface area contributed by atoms with E-state index in [-0.39, 0.29) is 6.04 Å². The lowest BCUT2D eigenvalue weighted by atomic mass is 10.1. The fraction of sp³-hybridized carbons (Fsp3) is 0.733. The van der Waals surface area contributed by atoms with E-state index in [1.807, 2.05) is 12.3 Å². The molecule has 3 rings (SSSR count). The predicted molar refractivity (Wildman–Crippen MR) is 86.0 cm³/mol. The van der Waals surface area contributed by atoms with Gasteiger partial charge in [-0.1, -0.05) is 6.92 Å². The minimum atomic E-state index is -3.39. The Morgan fingerprint density at radius 1 is 1.24 bits per heavy atom. The zero-order valence-corrected chi connectivity index (χ0v) is 14.3. The van der Waals surface area contributed by atoms with Crippen molar-refractivity contribution < 1.29 is 8.42 Å². The summed E-state index contributed by atoms with van der Waals surface area (Å²) in [5, 5.41) is 5.37. The lowest BCUT2D eigenvalue weighted by Gasteiger charge is -2.14. The molecule has 2 aliphatic carbocycles. The third-order valence-electron chi connectivity index (χ3n) is 4.40. The summed E-state index contributed by atoms with van der Waals surface area (Å²) in [7, 11) is -3.39. The average molecular weight is 329 g/mol. The highest BCUT2D eigenvalue weighted by Gasteiger charge is 2.30. The summed E-state index contributed by atoms with van der Waals surface area (Å²) >= 11 is 1.55. The highest BCUT2D eigenvalue weighted by atomic mass is 32.2. The van der Waals surface area contributed by atoms with Gasteiger partial charge in [-0.15, -0.1) is 11.3 Å². The molecular weight excluding hydrogens is 304 g/mol. The van der Waals surface area contributed by atoms with E-state index in [9.17, 15) is 8.42 Å². The maximum Gasteiger partial charge on any atom is 0.242 e. The van der Waals surface area contributed by atoms with Gasteiger partial charge < -0.3 is 5.32 Å². The van der Waals surface area contributed by atoms with Crippen molar-refractivity contribution in [1.82, 2.24) is 10.0 Å². The molecule has 0 spiro atoms. The molecule has 2 unspecified atom stereocenters. The SMILES string of the molecule is Cc1csc(CNC2CC2)c1S(=O)(=O)NC1CCC(C)C1. The number of rotatable bonds is 6. The Morgan fingerprint density at radius 2 is 1.95 bits per heavy atom. The van der Waals surface area contributed by atoms with Gasteiger partial charge in [-0.2, -0.15) is 0 Å². The number of aryl methyl sites for hydroxylation is 1. The fourth-order valence-corrected chi connectivity index (χ4v) is 6.13. The maximum absolute atomic E-state index is 12.7. The van der Waals surface area contributed by atoms with Crippen molar-refractivity contribution in [3.05, 3.63) is 15.8 Å². The molecule has 21 heavy (non-hydrogen) atoms. The largest absolute Gasteiger partial charge is 0.309 e. The average Bonchev–Trinajstić information content (AvgIpc) is 3.04. The van der Waals surface area contributed by atoms with Crippen LogP contribution in [0.4, 0.5) is 0 Å². The van der Waals surface area contributed by atoms with Crippen LogP contribution in [0.25, 0.3) is 0 Å². The predicted octanol–water partition coefficient (Wildman–Crippen LogP) is 2.78. The molecule has 2 atom stereocenters. The quantitative estimate of drug-likeness (QED) is 0.844. The van der Waals surface area contributed by atoms with Gasteiger partial charge in [-0.25, -0.2) is 13.1 Å². The van der Waals surface area contributed by atoms with Gasteiger partial charge in [-0.05, 0) is 55.9 Å². The molecule has 4 nitrogen and oxygen atoms in total. The zero-order chi connectivity index (χ0) is 15.0. The van der Waals surface area contributed by atoms with Gasteiger partial charge >= 0.3 is 0 Å². The van der Waals surface area contributed by atoms with Crippen molar-refractivity contribution in [2.75, 3.05) is 0 Å². The molecule has 0 radical (unpaired) electrons. The van der Waals surface area contributed by atoms with Crippen LogP contribution in [0.3, 0.4) is 0 Å². The van der Waals surface area contributed by atoms with Crippen LogP contribution in [-0.4, -0.2) is 20.5 Å². The minimum Gasteiger partial charge on any atom is -0.309 e. The normalized spacial score (nSPS) is 26.4. The fourth-order valence-electron chi connectivity index (χ4n) is 3.09. The van der Waals surface area contributed by atoms with Crippen LogP contribution < -0.4 is 10.0 Å². The molecule has 6 heteroatoms. The monoisotopic (exact) mass is 328 g/mol. The van der Waals surface area contributed by atoms with Gasteiger partial charge in [0.2, 0.25) is 10.0 Å². The molecule has 2 fully saturated rings. The van der Waals surface area contributed by atoms with Crippen LogP contribution in [0.1, 0.15) is 49.5 Å². The van der Waals surface area contributed by atoms with Crippen LogP contribution in [0.15, 0.2) is 10.3 Å². The van der Waals surface area contributed by atoms with Gasteiger partial charge in [-0.3, -0.25) is 0 Å². The standard InChI is InChI=1S/C15H24N2O2S2/c1-10-3-4-13(7-10)17-21(18,19)15-11(2)9-20-14(15)8-16-12-5-6-12/h9-10,12-13,16-17H,3-8H2,1-2H3. The van der Waals surface area contributed by atoms with Crippen molar-refractivity contribution in [3.8, 4) is 0 Å². The van der Waals surface area contributed by atoms with Crippen molar-refractivity contribution in [3.63, 3.8) is 0 Å². The van der Waals surface area contributed by atoms with Gasteiger partial charge in [0, 0.05) is 23.5 Å². The van der Waals surface area contributed by atoms with Gasteiger partial charge in [0.1, 0.15) is 4.90 Å². The third kappa shape index (κ3) is 3.67. The Labute approximate surface area is 131 Å². The van der Waals surface area contributed by atoms with Gasteiger partial charge in [0.05, 0.1) is 0 Å². The number of sulfonamides is 1. The zero-order valence-electron chi connectivity index (χ0n) is 12.7. The summed E-state index contributed by atoms with van der Waals surface area (Å²) in [6, 6.07) is 0.695. The molecule has 1 aromatic heterocycles. The van der Waals surface area contributed by atoms with E-state index in [0.717, 1.165) is 29.7 Å². The third-order valence-corrected chi connectivity index (χ3v) is 7.39. The highest BCUT2D eigenvalue weighted by molar-refractivity contribution is 7.89. The highest BCUT2D eigenvalue weighted by Crippen LogP contribution is 2.31. The van der Waals surface area contributed by atoms with Crippen molar-refractivity contribution >= 4 is 21.4 Å². The van der Waals surface area contributed by atoms with Crippen molar-refractivity contribution in [1.29, 1.82) is 0 Å². The van der Waals surface area contributed by atoms with Crippen LogP contribution in [0.5, 0.6) is 0 Å². The van der Waals surface area contributed by atoms with Crippen LogP contribution in [-0.2, 0) is 16.6 Å². The number of hydrogen-bond donors (Lipinski definition) is 2. The summed E-state index contributed by atoms with van der Waals surface area (Å²) in [5.41, 5.74) is 0.867. The van der Waals surface area contributed by atoms with E-state index in [0.29, 0.717) is 23.4 Å². The number of thiophene rings is 1. The summed E-state index contributed by atoms with van der Waals surface area (Å²) in [5.74, 6) is 0.622. The molecule has 2 N–H and O–H groups in total. The molecule has 0 aromatic carbocycles. The summed E-state index contributed by atoms with van der Waals surface area (Å²) < 4.78 is 28.4. The van der Waals surface area contributed by atoms with Crippen LogP contribution >= 0.6 is 11.3 Å². The summed E-state index contributed by atoms with van der Waals surface area (Å²) in [4.78, 5) is 1.46. The molecule has 0 amide bonds. The van der Waals surface area contributed by atoms with E-state index in [2.05, 4.69) is 17.0 Å². The molecule has 0 aliphatic heterocycles. The summed E-state index contributed by atoms with van der Waals surface area (Å²) in [6.45, 7) is 4.75. The molecule has 0 bridgehead atoms. The molecule has 0 saturated heterocycles. The second-order valence-corrected chi connectivity index (χ2v) is 9.18. The summed E-state index contributed by atoms with van der Waals surface area (Å²) in [6.07, 6.45) is 5.46. The topological polar surface area (TPSA) is 58.2 Å². The smallest absolute Gasteiger partial charge is 0.242 e. The molecule has 2 saturated carbocycles. The Kier molecular flexibility index (Phi) is 4.41. The Balaban J connectivity index is 1.75. The maximum atomic E-state index is 12.7. The first-order valence-electron chi connectivity index (χ1n) is 7.78. The molecule has 2 aliphatic rings. The van der Waals surface area contributed by atoms with E-state index < -0.39 is 10.0 Å². The van der Waals surface area contributed by atoms with Crippen molar-refractivity contribution in [2.45, 2.75) is 69.5 Å². The second kappa shape index (κ2) is 5.99. The molecule has 1 aromatic rings. The van der Waals surface area contributed by atoms with E-state index in [1.165, 1.54) is 12.8 Å². The number of hydrogen-bond acceptors (Lipinski definition) is 4. The first kappa shape index (κ1) is 15.5. The Bertz CT molecular complexity index is 605. The lowest BCUT2D eigenvalue weighted by molar-refractivity contribution is 0.537. The Hall–Kier alpha value is -0.430. The molecule has 1 heterocycles. The minimum absolute atomic E-state index is 0.105. The number of nitrogens with one attached hydrogen (secondary N) is 2. The Morgan fingerprint density at radius 3 is 2.57 bits per heavy atom. The van der Waals surface area contributed by atoms with E-state index in [4.69, 9.17) is 0 Å². The lowest BCUT2D eigenvalue weighted by Crippen LogP contribution is -2.34. The van der Waals surface area contributed by atoms with E-state index in [1.54, 1.807) is 11.3 Å². The molecule has 118 valence electrons. The van der Waals surface area contributed by atoms with Crippen molar-refractivity contribution in [2.24, 2.45) is 5.92 Å².